The van der Waals surface area contributed by atoms with Gasteiger partial charge in [-0.2, -0.15) is 0 Å². The minimum Gasteiger partial charge on any atom is -0.465 e. The first kappa shape index (κ1) is 14.1. The number of methoxy groups -OCH3 is 1. The Morgan fingerprint density at radius 3 is 2.79 bits per heavy atom. The van der Waals surface area contributed by atoms with Crippen LogP contribution in [-0.2, 0) is 11.3 Å². The minimum atomic E-state index is -0.255. The van der Waals surface area contributed by atoms with E-state index in [2.05, 4.69) is 12.2 Å². The molecule has 104 valence electrons. The Hall–Kier alpha value is -1.35. The highest BCUT2D eigenvalue weighted by molar-refractivity contribution is 5.90. The Morgan fingerprint density at radius 1 is 1.32 bits per heavy atom. The first-order chi connectivity index (χ1) is 9.22. The van der Waals surface area contributed by atoms with Gasteiger partial charge in [0.1, 0.15) is 0 Å². The number of rotatable bonds is 4. The van der Waals surface area contributed by atoms with Gasteiger partial charge in [-0.1, -0.05) is 38.0 Å². The molecule has 1 saturated carbocycles. The van der Waals surface area contributed by atoms with Gasteiger partial charge in [0.15, 0.2) is 0 Å². The highest BCUT2D eigenvalue weighted by Crippen LogP contribution is 2.24. The number of hydrogen-bond acceptors (Lipinski definition) is 3. The molecule has 0 aromatic heterocycles. The molecule has 0 bridgehead atoms. The van der Waals surface area contributed by atoms with Crippen molar-refractivity contribution in [3.05, 3.63) is 35.4 Å². The van der Waals surface area contributed by atoms with Gasteiger partial charge in [0, 0.05) is 12.6 Å². The molecule has 0 heterocycles. The smallest absolute Gasteiger partial charge is 0.338 e. The normalized spacial score (nSPS) is 23.1. The number of carbonyl (C=O) groups excluding carboxylic acids is 1. The molecule has 3 heteroatoms. The van der Waals surface area contributed by atoms with E-state index in [4.69, 9.17) is 4.74 Å². The molecule has 1 aromatic rings. The zero-order valence-corrected chi connectivity index (χ0v) is 11.8. The molecule has 1 aliphatic rings. The van der Waals surface area contributed by atoms with Crippen molar-refractivity contribution in [2.75, 3.05) is 7.11 Å². The molecule has 0 aliphatic heterocycles. The topological polar surface area (TPSA) is 38.3 Å². The maximum atomic E-state index is 11.7. The van der Waals surface area contributed by atoms with Gasteiger partial charge in [-0.25, -0.2) is 4.79 Å². The lowest BCUT2D eigenvalue weighted by Crippen LogP contribution is -2.37. The van der Waals surface area contributed by atoms with Crippen molar-refractivity contribution in [1.29, 1.82) is 0 Å². The van der Waals surface area contributed by atoms with E-state index in [1.54, 1.807) is 0 Å². The van der Waals surface area contributed by atoms with E-state index < -0.39 is 0 Å². The molecule has 1 fully saturated rings. The zero-order chi connectivity index (χ0) is 13.7. The second-order valence-corrected chi connectivity index (χ2v) is 5.40. The van der Waals surface area contributed by atoms with Gasteiger partial charge in [0.25, 0.3) is 0 Å². The van der Waals surface area contributed by atoms with Crippen LogP contribution in [0, 0.1) is 5.92 Å². The summed E-state index contributed by atoms with van der Waals surface area (Å²) >= 11 is 0. The average molecular weight is 261 g/mol. The van der Waals surface area contributed by atoms with Crippen LogP contribution in [0.4, 0.5) is 0 Å². The van der Waals surface area contributed by atoms with Crippen LogP contribution in [-0.4, -0.2) is 19.1 Å². The van der Waals surface area contributed by atoms with Crippen LogP contribution in [0.25, 0.3) is 0 Å². The van der Waals surface area contributed by atoms with Crippen molar-refractivity contribution in [2.45, 2.75) is 45.2 Å². The van der Waals surface area contributed by atoms with Gasteiger partial charge in [-0.3, -0.25) is 0 Å². The highest BCUT2D eigenvalue weighted by atomic mass is 16.5. The van der Waals surface area contributed by atoms with Gasteiger partial charge < -0.3 is 10.1 Å². The molecule has 1 aliphatic carbocycles. The second-order valence-electron chi connectivity index (χ2n) is 5.40. The van der Waals surface area contributed by atoms with Crippen molar-refractivity contribution in [2.24, 2.45) is 5.92 Å². The Morgan fingerprint density at radius 2 is 2.05 bits per heavy atom. The largest absolute Gasteiger partial charge is 0.465 e. The summed E-state index contributed by atoms with van der Waals surface area (Å²) in [7, 11) is 1.43. The average Bonchev–Trinajstić information content (AvgIpc) is 2.46. The molecule has 0 radical (unpaired) electrons. The van der Waals surface area contributed by atoms with E-state index in [-0.39, 0.29) is 5.97 Å². The predicted octanol–water partition coefficient (Wildman–Crippen LogP) is 3.14. The van der Waals surface area contributed by atoms with Crippen LogP contribution in [0.1, 0.15) is 48.5 Å². The summed E-state index contributed by atoms with van der Waals surface area (Å²) in [6.45, 7) is 3.04. The number of benzene rings is 1. The second kappa shape index (κ2) is 6.71. The fourth-order valence-corrected chi connectivity index (χ4v) is 2.84. The Balaban J connectivity index is 2.01. The van der Waals surface area contributed by atoms with E-state index in [0.29, 0.717) is 11.6 Å². The molecular weight excluding hydrogens is 238 g/mol. The van der Waals surface area contributed by atoms with Gasteiger partial charge in [0.05, 0.1) is 12.7 Å². The van der Waals surface area contributed by atoms with Crippen molar-refractivity contribution >= 4 is 5.97 Å². The van der Waals surface area contributed by atoms with Gasteiger partial charge in [0.2, 0.25) is 0 Å². The Bertz CT molecular complexity index is 431. The van der Waals surface area contributed by atoms with Crippen LogP contribution in [0.3, 0.4) is 0 Å². The first-order valence-electron chi connectivity index (χ1n) is 7.12. The molecule has 2 atom stereocenters. The third-order valence-electron chi connectivity index (χ3n) is 4.09. The molecule has 0 saturated heterocycles. The lowest BCUT2D eigenvalue weighted by atomic mass is 9.86. The number of hydrogen-bond donors (Lipinski definition) is 1. The van der Waals surface area contributed by atoms with Gasteiger partial charge >= 0.3 is 5.97 Å². The monoisotopic (exact) mass is 261 g/mol. The van der Waals surface area contributed by atoms with Crippen LogP contribution in [0.2, 0.25) is 0 Å². The fourth-order valence-electron chi connectivity index (χ4n) is 2.84. The SMILES string of the molecule is COC(=O)c1ccccc1CNC1CCCCC1C. The fraction of sp³-hybridized carbons (Fsp3) is 0.562. The maximum absolute atomic E-state index is 11.7. The molecule has 2 rings (SSSR count). The van der Waals surface area contributed by atoms with E-state index >= 15 is 0 Å². The summed E-state index contributed by atoms with van der Waals surface area (Å²) in [6, 6.07) is 8.23. The van der Waals surface area contributed by atoms with Crippen molar-refractivity contribution in [3.63, 3.8) is 0 Å². The quantitative estimate of drug-likeness (QED) is 0.846. The summed E-state index contributed by atoms with van der Waals surface area (Å²) in [5.41, 5.74) is 1.69. The third kappa shape index (κ3) is 3.57. The van der Waals surface area contributed by atoms with Crippen molar-refractivity contribution in [1.82, 2.24) is 5.32 Å². The summed E-state index contributed by atoms with van der Waals surface area (Å²) in [5, 5.41) is 3.60. The molecule has 0 spiro atoms. The Kier molecular flexibility index (Phi) is 4.97. The molecule has 1 N–H and O–H groups in total. The molecule has 19 heavy (non-hydrogen) atoms. The molecule has 3 nitrogen and oxygen atoms in total. The van der Waals surface area contributed by atoms with E-state index in [1.807, 2.05) is 24.3 Å². The number of esters is 1. The lowest BCUT2D eigenvalue weighted by Gasteiger charge is -2.29. The number of nitrogens with one attached hydrogen (secondary N) is 1. The van der Waals surface area contributed by atoms with E-state index in [1.165, 1.54) is 32.8 Å². The Labute approximate surface area is 115 Å². The highest BCUT2D eigenvalue weighted by Gasteiger charge is 2.21. The predicted molar refractivity (Wildman–Crippen MR) is 76.0 cm³/mol. The summed E-state index contributed by atoms with van der Waals surface area (Å²) in [6.07, 6.45) is 5.19. The number of carbonyl (C=O) groups is 1. The third-order valence-corrected chi connectivity index (χ3v) is 4.09. The molecule has 2 unspecified atom stereocenters. The zero-order valence-electron chi connectivity index (χ0n) is 11.8. The van der Waals surface area contributed by atoms with Crippen molar-refractivity contribution < 1.29 is 9.53 Å². The standard InChI is InChI=1S/C16H23NO2/c1-12-7-3-6-10-15(12)17-11-13-8-4-5-9-14(13)16(18)19-2/h4-5,8-9,12,15,17H,3,6-7,10-11H2,1-2H3. The molecular formula is C16H23NO2. The summed E-state index contributed by atoms with van der Waals surface area (Å²) < 4.78 is 4.82. The molecule has 0 amide bonds. The summed E-state index contributed by atoms with van der Waals surface area (Å²) in [5.74, 6) is 0.466. The summed E-state index contributed by atoms with van der Waals surface area (Å²) in [4.78, 5) is 11.7. The van der Waals surface area contributed by atoms with Gasteiger partial charge in [-0.05, 0) is 30.4 Å². The first-order valence-corrected chi connectivity index (χ1v) is 7.12. The van der Waals surface area contributed by atoms with Crippen LogP contribution in [0.15, 0.2) is 24.3 Å². The van der Waals surface area contributed by atoms with E-state index in [9.17, 15) is 4.79 Å². The van der Waals surface area contributed by atoms with Crippen molar-refractivity contribution in [3.8, 4) is 0 Å². The minimum absolute atomic E-state index is 0.255. The molecule has 1 aromatic carbocycles. The van der Waals surface area contributed by atoms with Crippen LogP contribution in [0.5, 0.6) is 0 Å². The van der Waals surface area contributed by atoms with Crippen LogP contribution >= 0.6 is 0 Å². The number of ether oxygens (including phenoxy) is 1. The van der Waals surface area contributed by atoms with E-state index in [0.717, 1.165) is 18.0 Å². The van der Waals surface area contributed by atoms with Crippen LogP contribution < -0.4 is 5.32 Å². The maximum Gasteiger partial charge on any atom is 0.338 e. The lowest BCUT2D eigenvalue weighted by molar-refractivity contribution is 0.0599. The van der Waals surface area contributed by atoms with Gasteiger partial charge in [-0.15, -0.1) is 0 Å².